The average molecular weight is 298 g/mol. The van der Waals surface area contributed by atoms with Crippen LogP contribution in [-0.2, 0) is 17.8 Å². The predicted molar refractivity (Wildman–Crippen MR) is 80.4 cm³/mol. The van der Waals surface area contributed by atoms with Gasteiger partial charge < -0.3 is 9.64 Å². The number of rotatable bonds is 0. The first kappa shape index (κ1) is 13.1. The van der Waals surface area contributed by atoms with E-state index >= 15 is 0 Å². The highest BCUT2D eigenvalue weighted by atomic mass is 35.5. The average Bonchev–Trinajstić information content (AvgIpc) is 2.89. The quantitative estimate of drug-likeness (QED) is 0.738. The Kier molecular flexibility index (Phi) is 2.96. The third kappa shape index (κ3) is 1.91. The molecule has 0 saturated heterocycles. The van der Waals surface area contributed by atoms with Crippen LogP contribution >= 0.6 is 23.7 Å². The maximum absolute atomic E-state index is 5.89. The number of nitrogens with zero attached hydrogens (tertiary/aromatic N) is 3. The summed E-state index contributed by atoms with van der Waals surface area (Å²) in [7, 11) is 0. The number of hydrogen-bond acceptors (Lipinski definition) is 5. The fourth-order valence-electron chi connectivity index (χ4n) is 2.78. The molecule has 1 aromatic heterocycles. The van der Waals surface area contributed by atoms with Crippen molar-refractivity contribution in [3.05, 3.63) is 16.0 Å². The molecule has 0 unspecified atom stereocenters. The van der Waals surface area contributed by atoms with Crippen molar-refractivity contribution in [1.29, 1.82) is 0 Å². The highest BCUT2D eigenvalue weighted by Gasteiger charge is 2.35. The largest absolute Gasteiger partial charge is 0.370 e. The molecular formula is C13H16ClN3OS. The molecule has 0 amide bonds. The highest BCUT2D eigenvalue weighted by Crippen LogP contribution is 2.43. The Morgan fingerprint density at radius 1 is 1.42 bits per heavy atom. The molecule has 0 aliphatic carbocycles. The summed E-state index contributed by atoms with van der Waals surface area (Å²) < 4.78 is 5.89. The van der Waals surface area contributed by atoms with Crippen molar-refractivity contribution in [3.63, 3.8) is 0 Å². The molecule has 3 aliphatic rings. The second-order valence-corrected chi connectivity index (χ2v) is 6.64. The van der Waals surface area contributed by atoms with E-state index in [1.54, 1.807) is 11.3 Å². The molecule has 0 saturated carbocycles. The van der Waals surface area contributed by atoms with Crippen LogP contribution in [0.2, 0.25) is 0 Å². The fraction of sp³-hybridized carbons (Fsp3) is 0.538. The first-order valence-electron chi connectivity index (χ1n) is 6.28. The normalized spacial score (nSPS) is 22.2. The second-order valence-electron chi connectivity index (χ2n) is 5.55. The zero-order valence-electron chi connectivity index (χ0n) is 11.0. The number of ether oxygens (including phenoxy) is 1. The molecule has 6 heteroatoms. The molecule has 4 rings (SSSR count). The fourth-order valence-corrected chi connectivity index (χ4v) is 3.84. The van der Waals surface area contributed by atoms with Crippen LogP contribution in [0.25, 0.3) is 0 Å². The standard InChI is InChI=1S/C13H15N3OS.ClH/c1-13(2)5-8-9(6-17-13)18-12-10(8)11-14-3-4-16(11)7-15-12;/h7H,3-6H2,1-2H3;1H. The van der Waals surface area contributed by atoms with Gasteiger partial charge in [0.1, 0.15) is 10.8 Å². The molecule has 19 heavy (non-hydrogen) atoms. The molecule has 102 valence electrons. The number of hydrogen-bond donors (Lipinski definition) is 0. The van der Waals surface area contributed by atoms with Crippen molar-refractivity contribution in [1.82, 2.24) is 4.90 Å². The molecule has 0 radical (unpaired) electrons. The SMILES string of the molecule is CC1(C)Cc2c(sc3c2C2=NCCN2C=N3)CO1.Cl. The summed E-state index contributed by atoms with van der Waals surface area (Å²) >= 11 is 1.76. The molecule has 4 heterocycles. The lowest BCUT2D eigenvalue weighted by molar-refractivity contribution is -0.0383. The Morgan fingerprint density at radius 2 is 2.26 bits per heavy atom. The van der Waals surface area contributed by atoms with E-state index in [0.29, 0.717) is 6.61 Å². The van der Waals surface area contributed by atoms with E-state index in [-0.39, 0.29) is 18.0 Å². The van der Waals surface area contributed by atoms with Gasteiger partial charge >= 0.3 is 0 Å². The van der Waals surface area contributed by atoms with E-state index in [0.717, 1.165) is 30.3 Å². The van der Waals surface area contributed by atoms with Crippen molar-refractivity contribution < 1.29 is 4.74 Å². The third-order valence-corrected chi connectivity index (χ3v) is 4.79. The van der Waals surface area contributed by atoms with Gasteiger partial charge in [-0.25, -0.2) is 4.99 Å². The lowest BCUT2D eigenvalue weighted by atomic mass is 9.92. The van der Waals surface area contributed by atoms with Crippen molar-refractivity contribution in [2.24, 2.45) is 9.98 Å². The number of amidine groups is 1. The lowest BCUT2D eigenvalue weighted by Gasteiger charge is -2.31. The number of fused-ring (bicyclic) bond motifs is 5. The van der Waals surface area contributed by atoms with Gasteiger partial charge in [0.2, 0.25) is 0 Å². The number of thiophene rings is 1. The van der Waals surface area contributed by atoms with E-state index in [9.17, 15) is 0 Å². The van der Waals surface area contributed by atoms with Crippen molar-refractivity contribution >= 4 is 40.9 Å². The molecule has 0 atom stereocenters. The molecule has 0 spiro atoms. The van der Waals surface area contributed by atoms with Gasteiger partial charge in [0.15, 0.2) is 0 Å². The zero-order valence-corrected chi connectivity index (χ0v) is 12.6. The van der Waals surface area contributed by atoms with Crippen LogP contribution in [0, 0.1) is 0 Å². The summed E-state index contributed by atoms with van der Waals surface area (Å²) in [6.45, 7) is 6.86. The minimum Gasteiger partial charge on any atom is -0.370 e. The molecule has 1 aromatic rings. The van der Waals surface area contributed by atoms with Gasteiger partial charge in [0, 0.05) is 17.8 Å². The summed E-state index contributed by atoms with van der Waals surface area (Å²) in [5, 5.41) is 1.11. The Balaban J connectivity index is 0.00000110. The smallest absolute Gasteiger partial charge is 0.139 e. The minimum atomic E-state index is -0.0764. The van der Waals surface area contributed by atoms with Gasteiger partial charge in [-0.2, -0.15) is 0 Å². The minimum absolute atomic E-state index is 0. The van der Waals surface area contributed by atoms with Crippen LogP contribution in [0.15, 0.2) is 9.98 Å². The molecule has 0 N–H and O–H groups in total. The van der Waals surface area contributed by atoms with E-state index < -0.39 is 0 Å². The van der Waals surface area contributed by atoms with E-state index in [4.69, 9.17) is 4.74 Å². The third-order valence-electron chi connectivity index (χ3n) is 3.68. The Hall–Kier alpha value is -0.910. The number of aliphatic imine (C=N–C) groups is 2. The van der Waals surface area contributed by atoms with Crippen LogP contribution < -0.4 is 0 Å². The number of halogens is 1. The second kappa shape index (κ2) is 4.30. The van der Waals surface area contributed by atoms with Gasteiger partial charge in [-0.3, -0.25) is 4.99 Å². The summed E-state index contributed by atoms with van der Waals surface area (Å²) in [6, 6.07) is 0. The molecule has 0 bridgehead atoms. The summed E-state index contributed by atoms with van der Waals surface area (Å²) in [5.74, 6) is 1.12. The highest BCUT2D eigenvalue weighted by molar-refractivity contribution is 7.16. The molecule has 3 aliphatic heterocycles. The van der Waals surface area contributed by atoms with Crippen LogP contribution in [0.1, 0.15) is 29.9 Å². The lowest BCUT2D eigenvalue weighted by Crippen LogP contribution is -2.34. The molecular weight excluding hydrogens is 282 g/mol. The van der Waals surface area contributed by atoms with E-state index in [2.05, 4.69) is 28.7 Å². The van der Waals surface area contributed by atoms with Crippen LogP contribution in [0.4, 0.5) is 5.00 Å². The van der Waals surface area contributed by atoms with Gasteiger partial charge in [0.05, 0.1) is 30.7 Å². The summed E-state index contributed by atoms with van der Waals surface area (Å²) in [6.07, 6.45) is 2.87. The summed E-state index contributed by atoms with van der Waals surface area (Å²) in [4.78, 5) is 12.7. The van der Waals surface area contributed by atoms with Crippen molar-refractivity contribution in [2.75, 3.05) is 13.1 Å². The van der Waals surface area contributed by atoms with Gasteiger partial charge in [-0.05, 0) is 19.4 Å². The molecule has 0 fully saturated rings. The Bertz CT molecular complexity index is 591. The zero-order chi connectivity index (χ0) is 12.3. The van der Waals surface area contributed by atoms with Crippen LogP contribution in [0.3, 0.4) is 0 Å². The van der Waals surface area contributed by atoms with Crippen molar-refractivity contribution in [3.8, 4) is 0 Å². The molecule has 4 nitrogen and oxygen atoms in total. The van der Waals surface area contributed by atoms with Crippen LogP contribution in [0.5, 0.6) is 0 Å². The Morgan fingerprint density at radius 3 is 3.11 bits per heavy atom. The maximum atomic E-state index is 5.89. The Labute approximate surface area is 122 Å². The summed E-state index contributed by atoms with van der Waals surface area (Å²) in [5.41, 5.74) is 2.60. The first-order valence-corrected chi connectivity index (χ1v) is 7.10. The maximum Gasteiger partial charge on any atom is 0.139 e. The van der Waals surface area contributed by atoms with Gasteiger partial charge in [-0.15, -0.1) is 23.7 Å². The van der Waals surface area contributed by atoms with Crippen molar-refractivity contribution in [2.45, 2.75) is 32.5 Å². The monoisotopic (exact) mass is 297 g/mol. The van der Waals surface area contributed by atoms with Gasteiger partial charge in [-0.1, -0.05) is 0 Å². The first-order chi connectivity index (χ1) is 8.64. The van der Waals surface area contributed by atoms with E-state index in [1.807, 2.05) is 6.34 Å². The van der Waals surface area contributed by atoms with Crippen LogP contribution in [-0.4, -0.2) is 35.8 Å². The molecule has 0 aromatic carbocycles. The van der Waals surface area contributed by atoms with Gasteiger partial charge in [0.25, 0.3) is 0 Å². The van der Waals surface area contributed by atoms with E-state index in [1.165, 1.54) is 16.0 Å². The predicted octanol–water partition coefficient (Wildman–Crippen LogP) is 2.76. The topological polar surface area (TPSA) is 37.2 Å².